The van der Waals surface area contributed by atoms with Crippen LogP contribution in [0.1, 0.15) is 6.42 Å². The van der Waals surface area contributed by atoms with E-state index >= 15 is 0 Å². The van der Waals surface area contributed by atoms with Crippen LogP contribution in [0.3, 0.4) is 0 Å². The molecule has 1 rings (SSSR count). The van der Waals surface area contributed by atoms with Gasteiger partial charge in [0.1, 0.15) is 0 Å². The van der Waals surface area contributed by atoms with E-state index < -0.39 is 11.8 Å². The van der Waals surface area contributed by atoms with Gasteiger partial charge >= 0.3 is 11.8 Å². The van der Waals surface area contributed by atoms with Crippen molar-refractivity contribution >= 4 is 35.7 Å². The van der Waals surface area contributed by atoms with Gasteiger partial charge in [0, 0.05) is 23.7 Å². The molecule has 0 aliphatic carbocycles. The molecule has 1 aromatic carbocycles. The number of carbonyl (C=O) groups excluding carboxylic acids is 3. The summed E-state index contributed by atoms with van der Waals surface area (Å²) in [6, 6.07) is 7.24. The largest absolute Gasteiger partial charge is 0.359 e. The fourth-order valence-electron chi connectivity index (χ4n) is 1.42. The second-order valence-electron chi connectivity index (χ2n) is 3.87. The van der Waals surface area contributed by atoms with Crippen molar-refractivity contribution in [1.29, 1.82) is 0 Å². The molecule has 3 amide bonds. The van der Waals surface area contributed by atoms with Crippen LogP contribution in [-0.2, 0) is 14.4 Å². The van der Waals surface area contributed by atoms with Crippen LogP contribution < -0.4 is 16.0 Å². The first-order valence-electron chi connectivity index (χ1n) is 6.07. The monoisotopic (exact) mass is 295 g/mol. The summed E-state index contributed by atoms with van der Waals surface area (Å²) in [7, 11) is 0. The maximum atomic E-state index is 11.6. The number of thioether (sulfide) groups is 1. The van der Waals surface area contributed by atoms with Gasteiger partial charge < -0.3 is 16.0 Å². The second kappa shape index (κ2) is 8.98. The molecule has 0 aliphatic rings. The van der Waals surface area contributed by atoms with Crippen LogP contribution in [-0.4, -0.2) is 37.6 Å². The van der Waals surface area contributed by atoms with Gasteiger partial charge in [-0.05, 0) is 30.9 Å². The van der Waals surface area contributed by atoms with Crippen molar-refractivity contribution in [2.75, 3.05) is 24.7 Å². The molecule has 0 bridgehead atoms. The normalized spacial score (nSPS) is 9.65. The Morgan fingerprint density at radius 1 is 1.25 bits per heavy atom. The number of anilines is 1. The van der Waals surface area contributed by atoms with E-state index in [0.717, 1.165) is 4.90 Å². The number of nitrogens with one attached hydrogen (secondary N) is 3. The third-order valence-corrected chi connectivity index (χ3v) is 3.13. The zero-order valence-corrected chi connectivity index (χ0v) is 12.0. The predicted molar refractivity (Wildman–Crippen MR) is 78.5 cm³/mol. The van der Waals surface area contributed by atoms with Crippen LogP contribution in [0.5, 0.6) is 0 Å². The van der Waals surface area contributed by atoms with Gasteiger partial charge in [0.05, 0.1) is 0 Å². The summed E-state index contributed by atoms with van der Waals surface area (Å²) in [5.41, 5.74) is 0.583. The molecule has 0 unspecified atom stereocenters. The van der Waals surface area contributed by atoms with E-state index in [4.69, 9.17) is 0 Å². The molecule has 108 valence electrons. The Labute approximate surface area is 121 Å². The Hall–Kier alpha value is -2.02. The fraction of sp³-hybridized carbons (Fsp3) is 0.308. The third kappa shape index (κ3) is 5.75. The Balaban J connectivity index is 2.37. The van der Waals surface area contributed by atoms with Crippen LogP contribution in [0.2, 0.25) is 0 Å². The van der Waals surface area contributed by atoms with Gasteiger partial charge in [-0.25, -0.2) is 0 Å². The Morgan fingerprint density at radius 3 is 2.75 bits per heavy atom. The van der Waals surface area contributed by atoms with E-state index in [1.165, 1.54) is 0 Å². The maximum absolute atomic E-state index is 11.6. The lowest BCUT2D eigenvalue weighted by atomic mass is 10.3. The molecule has 3 N–H and O–H groups in total. The Morgan fingerprint density at radius 2 is 2.05 bits per heavy atom. The van der Waals surface area contributed by atoms with Gasteiger partial charge in [0.15, 0.2) is 0 Å². The highest BCUT2D eigenvalue weighted by Crippen LogP contribution is 2.18. The standard InChI is InChI=1S/C13H17N3O3S/c1-20-11-5-2-4-10(8-11)16-13(19)12(18)15-7-3-6-14-9-17/h2,4-5,8-9H,3,6-7H2,1H3,(H,14,17)(H,15,18)(H,16,19). The SMILES string of the molecule is CSc1cccc(NC(=O)C(=O)NCCCNC=O)c1. The summed E-state index contributed by atoms with van der Waals surface area (Å²) in [6.07, 6.45) is 3.09. The summed E-state index contributed by atoms with van der Waals surface area (Å²) in [6.45, 7) is 0.791. The molecule has 0 aliphatic heterocycles. The second-order valence-corrected chi connectivity index (χ2v) is 4.75. The van der Waals surface area contributed by atoms with Crippen LogP contribution in [0, 0.1) is 0 Å². The number of rotatable bonds is 7. The van der Waals surface area contributed by atoms with Crippen molar-refractivity contribution in [1.82, 2.24) is 10.6 Å². The molecule has 0 aromatic heterocycles. The lowest BCUT2D eigenvalue weighted by Gasteiger charge is -2.07. The van der Waals surface area contributed by atoms with Gasteiger partial charge in [-0.15, -0.1) is 11.8 Å². The fourth-order valence-corrected chi connectivity index (χ4v) is 1.88. The molecule has 0 spiro atoms. The molecule has 0 saturated carbocycles. The van der Waals surface area contributed by atoms with Crippen molar-refractivity contribution in [3.8, 4) is 0 Å². The minimum Gasteiger partial charge on any atom is -0.359 e. The van der Waals surface area contributed by atoms with Gasteiger partial charge in [0.25, 0.3) is 0 Å². The van der Waals surface area contributed by atoms with Crippen molar-refractivity contribution in [2.45, 2.75) is 11.3 Å². The quantitative estimate of drug-likeness (QED) is 0.297. The van der Waals surface area contributed by atoms with Crippen molar-refractivity contribution < 1.29 is 14.4 Å². The first kappa shape index (κ1) is 16.0. The highest BCUT2D eigenvalue weighted by Gasteiger charge is 2.12. The molecule has 0 fully saturated rings. The predicted octanol–water partition coefficient (Wildman–Crippen LogP) is 0.599. The van der Waals surface area contributed by atoms with Crippen molar-refractivity contribution in [3.05, 3.63) is 24.3 Å². The Kier molecular flexibility index (Phi) is 7.20. The third-order valence-electron chi connectivity index (χ3n) is 2.40. The number of benzene rings is 1. The van der Waals surface area contributed by atoms with Crippen molar-refractivity contribution in [2.24, 2.45) is 0 Å². The molecule has 0 saturated heterocycles. The van der Waals surface area contributed by atoms with Crippen LogP contribution >= 0.6 is 11.8 Å². The van der Waals surface area contributed by atoms with Gasteiger partial charge in [-0.2, -0.15) is 0 Å². The molecule has 0 atom stereocenters. The average molecular weight is 295 g/mol. The summed E-state index contributed by atoms with van der Waals surface area (Å²) in [4.78, 5) is 34.2. The molecule has 20 heavy (non-hydrogen) atoms. The highest BCUT2D eigenvalue weighted by atomic mass is 32.2. The van der Waals surface area contributed by atoms with Crippen LogP contribution in [0.25, 0.3) is 0 Å². The zero-order chi connectivity index (χ0) is 14.8. The first-order valence-corrected chi connectivity index (χ1v) is 7.30. The molecule has 0 heterocycles. The van der Waals surface area contributed by atoms with E-state index in [2.05, 4.69) is 16.0 Å². The number of amides is 3. The number of hydrogen-bond acceptors (Lipinski definition) is 4. The summed E-state index contributed by atoms with van der Waals surface area (Å²) in [5, 5.41) is 7.48. The van der Waals surface area contributed by atoms with Crippen molar-refractivity contribution in [3.63, 3.8) is 0 Å². The average Bonchev–Trinajstić information content (AvgIpc) is 2.47. The maximum Gasteiger partial charge on any atom is 0.313 e. The van der Waals surface area contributed by atoms with Gasteiger partial charge in [-0.1, -0.05) is 6.07 Å². The summed E-state index contributed by atoms with van der Waals surface area (Å²) in [5.74, 6) is -1.39. The lowest BCUT2D eigenvalue weighted by molar-refractivity contribution is -0.136. The number of carbonyl (C=O) groups is 3. The van der Waals surface area contributed by atoms with E-state index in [0.29, 0.717) is 31.6 Å². The number of hydrogen-bond donors (Lipinski definition) is 3. The van der Waals surface area contributed by atoms with Gasteiger partial charge in [0.2, 0.25) is 6.41 Å². The van der Waals surface area contributed by atoms with Gasteiger partial charge in [-0.3, -0.25) is 14.4 Å². The topological polar surface area (TPSA) is 87.3 Å². The Bertz CT molecular complexity index is 480. The molecule has 6 nitrogen and oxygen atoms in total. The van der Waals surface area contributed by atoms with Crippen LogP contribution in [0.4, 0.5) is 5.69 Å². The van der Waals surface area contributed by atoms with E-state index in [9.17, 15) is 14.4 Å². The highest BCUT2D eigenvalue weighted by molar-refractivity contribution is 7.98. The van der Waals surface area contributed by atoms with E-state index in [-0.39, 0.29) is 0 Å². The van der Waals surface area contributed by atoms with E-state index in [1.807, 2.05) is 18.4 Å². The molecule has 0 radical (unpaired) electrons. The first-order chi connectivity index (χ1) is 9.67. The summed E-state index contributed by atoms with van der Waals surface area (Å²) >= 11 is 1.55. The van der Waals surface area contributed by atoms with Crippen LogP contribution in [0.15, 0.2) is 29.2 Å². The lowest BCUT2D eigenvalue weighted by Crippen LogP contribution is -2.36. The van der Waals surface area contributed by atoms with E-state index in [1.54, 1.807) is 23.9 Å². The smallest absolute Gasteiger partial charge is 0.313 e. The zero-order valence-electron chi connectivity index (χ0n) is 11.1. The minimum atomic E-state index is -0.702. The molecular weight excluding hydrogens is 278 g/mol. The minimum absolute atomic E-state index is 0.331. The molecule has 7 heteroatoms. The summed E-state index contributed by atoms with van der Waals surface area (Å²) < 4.78 is 0. The molecule has 1 aromatic rings. The molecular formula is C13H17N3O3S.